The molecule has 2 saturated heterocycles. The molecule has 0 aromatic carbocycles. The summed E-state index contributed by atoms with van der Waals surface area (Å²) in [7, 11) is -0.995. The molecule has 6 nitrogen and oxygen atoms in total. The van der Waals surface area contributed by atoms with Crippen LogP contribution in [0.1, 0.15) is 25.0 Å². The molecule has 116 valence electrons. The minimum atomic E-state index is -2.89. The van der Waals surface area contributed by atoms with Crippen molar-refractivity contribution in [2.24, 2.45) is 0 Å². The highest BCUT2D eigenvalue weighted by molar-refractivity contribution is 7.91. The van der Waals surface area contributed by atoms with E-state index in [0.29, 0.717) is 12.4 Å². The minimum absolute atomic E-state index is 0.0109. The highest BCUT2D eigenvalue weighted by Gasteiger charge is 2.32. The lowest BCUT2D eigenvalue weighted by Gasteiger charge is -2.25. The molecule has 2 fully saturated rings. The summed E-state index contributed by atoms with van der Waals surface area (Å²) in [6.45, 7) is 4.04. The van der Waals surface area contributed by atoms with Crippen LogP contribution in [-0.2, 0) is 9.84 Å². The first-order chi connectivity index (χ1) is 9.94. The molecule has 21 heavy (non-hydrogen) atoms. The molecule has 0 bridgehead atoms. The Morgan fingerprint density at radius 2 is 2.00 bits per heavy atom. The van der Waals surface area contributed by atoms with Gasteiger partial charge in [-0.15, -0.1) is 0 Å². The Hall–Kier alpha value is -1.37. The molecular formula is C14H22N4O2S. The maximum Gasteiger partial charge on any atom is 0.227 e. The second-order valence-electron chi connectivity index (χ2n) is 6.03. The van der Waals surface area contributed by atoms with E-state index in [1.807, 2.05) is 24.9 Å². The van der Waals surface area contributed by atoms with Gasteiger partial charge in [-0.2, -0.15) is 4.98 Å². The molecule has 0 N–H and O–H groups in total. The van der Waals surface area contributed by atoms with E-state index in [4.69, 9.17) is 0 Å². The van der Waals surface area contributed by atoms with Crippen molar-refractivity contribution in [3.63, 3.8) is 0 Å². The van der Waals surface area contributed by atoms with Crippen molar-refractivity contribution in [3.8, 4) is 0 Å². The Morgan fingerprint density at radius 3 is 2.62 bits per heavy atom. The van der Waals surface area contributed by atoms with Gasteiger partial charge in [0.05, 0.1) is 11.5 Å². The van der Waals surface area contributed by atoms with E-state index in [1.165, 1.54) is 12.8 Å². The van der Waals surface area contributed by atoms with Crippen molar-refractivity contribution in [1.82, 2.24) is 9.97 Å². The molecule has 0 amide bonds. The third kappa shape index (κ3) is 3.12. The fourth-order valence-electron chi connectivity index (χ4n) is 3.05. The largest absolute Gasteiger partial charge is 0.356 e. The standard InChI is InChI=1S/C14H22N4O2S/c1-11-9-13(18-6-3-4-7-18)16-14(15-11)17(2)12-5-8-21(19,20)10-12/h9,12H,3-8,10H2,1-2H3. The van der Waals surface area contributed by atoms with E-state index in [-0.39, 0.29) is 17.5 Å². The van der Waals surface area contributed by atoms with Gasteiger partial charge in [0.2, 0.25) is 5.95 Å². The summed E-state index contributed by atoms with van der Waals surface area (Å²) in [5, 5.41) is 0. The zero-order valence-corrected chi connectivity index (χ0v) is 13.4. The summed E-state index contributed by atoms with van der Waals surface area (Å²) in [4.78, 5) is 13.3. The summed E-state index contributed by atoms with van der Waals surface area (Å²) in [5.41, 5.74) is 0.926. The fraction of sp³-hybridized carbons (Fsp3) is 0.714. The van der Waals surface area contributed by atoms with Crippen LogP contribution in [0.5, 0.6) is 0 Å². The summed E-state index contributed by atoms with van der Waals surface area (Å²) < 4.78 is 23.3. The SMILES string of the molecule is Cc1cc(N2CCCC2)nc(N(C)C2CCS(=O)(=O)C2)n1. The molecule has 3 rings (SSSR count). The van der Waals surface area contributed by atoms with E-state index in [0.717, 1.165) is 24.6 Å². The van der Waals surface area contributed by atoms with Gasteiger partial charge >= 0.3 is 0 Å². The Kier molecular flexibility index (Phi) is 3.77. The van der Waals surface area contributed by atoms with Crippen molar-refractivity contribution < 1.29 is 8.42 Å². The molecule has 7 heteroatoms. The molecule has 1 unspecified atom stereocenters. The molecule has 1 aromatic rings. The smallest absolute Gasteiger partial charge is 0.227 e. The third-order valence-electron chi connectivity index (χ3n) is 4.33. The molecule has 2 aliphatic heterocycles. The van der Waals surface area contributed by atoms with Crippen LogP contribution in [0.25, 0.3) is 0 Å². The molecule has 3 heterocycles. The molecule has 1 aromatic heterocycles. The average molecular weight is 310 g/mol. The Bertz CT molecular complexity index is 626. The summed E-state index contributed by atoms with van der Waals surface area (Å²) in [5.74, 6) is 2.08. The van der Waals surface area contributed by atoms with E-state index in [1.54, 1.807) is 0 Å². The topological polar surface area (TPSA) is 66.4 Å². The van der Waals surface area contributed by atoms with Gasteiger partial charge in [0.1, 0.15) is 5.82 Å². The maximum atomic E-state index is 11.6. The molecule has 1 atom stereocenters. The van der Waals surface area contributed by atoms with Crippen molar-refractivity contribution in [3.05, 3.63) is 11.8 Å². The van der Waals surface area contributed by atoms with Gasteiger partial charge in [-0.3, -0.25) is 0 Å². The van der Waals surface area contributed by atoms with Crippen molar-refractivity contribution in [1.29, 1.82) is 0 Å². The molecular weight excluding hydrogens is 288 g/mol. The van der Waals surface area contributed by atoms with E-state index >= 15 is 0 Å². The molecule has 0 radical (unpaired) electrons. The second-order valence-corrected chi connectivity index (χ2v) is 8.26. The lowest BCUT2D eigenvalue weighted by molar-refractivity contribution is 0.600. The second kappa shape index (κ2) is 5.44. The fourth-order valence-corrected chi connectivity index (χ4v) is 4.82. The number of aryl methyl sites for hydroxylation is 1. The van der Waals surface area contributed by atoms with Crippen LogP contribution < -0.4 is 9.80 Å². The number of sulfone groups is 1. The van der Waals surface area contributed by atoms with E-state index in [2.05, 4.69) is 14.9 Å². The van der Waals surface area contributed by atoms with Gasteiger partial charge in [0.15, 0.2) is 9.84 Å². The van der Waals surface area contributed by atoms with Crippen LogP contribution in [0.3, 0.4) is 0 Å². The number of rotatable bonds is 3. The molecule has 2 aliphatic rings. The first-order valence-corrected chi connectivity index (χ1v) is 9.31. The number of anilines is 2. The summed E-state index contributed by atoms with van der Waals surface area (Å²) in [6, 6.07) is 2.00. The van der Waals surface area contributed by atoms with Crippen LogP contribution >= 0.6 is 0 Å². The summed E-state index contributed by atoms with van der Waals surface area (Å²) in [6.07, 6.45) is 3.07. The van der Waals surface area contributed by atoms with Gasteiger partial charge < -0.3 is 9.80 Å². The molecule has 0 aliphatic carbocycles. The first kappa shape index (κ1) is 14.6. The van der Waals surface area contributed by atoms with Crippen molar-refractivity contribution >= 4 is 21.6 Å². The normalized spacial score (nSPS) is 24.5. The maximum absolute atomic E-state index is 11.6. The zero-order chi connectivity index (χ0) is 15.0. The van der Waals surface area contributed by atoms with Crippen LogP contribution in [-0.4, -0.2) is 56.1 Å². The van der Waals surface area contributed by atoms with Gasteiger partial charge in [-0.05, 0) is 26.2 Å². The minimum Gasteiger partial charge on any atom is -0.356 e. The zero-order valence-electron chi connectivity index (χ0n) is 12.6. The lowest BCUT2D eigenvalue weighted by atomic mass is 10.2. The quantitative estimate of drug-likeness (QED) is 0.830. The van der Waals surface area contributed by atoms with Crippen LogP contribution in [0.15, 0.2) is 6.07 Å². The predicted molar refractivity (Wildman–Crippen MR) is 83.7 cm³/mol. The number of hydrogen-bond donors (Lipinski definition) is 0. The Labute approximate surface area is 126 Å². The monoisotopic (exact) mass is 310 g/mol. The van der Waals surface area contributed by atoms with E-state index in [9.17, 15) is 8.42 Å². The van der Waals surface area contributed by atoms with Gasteiger partial charge in [0, 0.05) is 37.9 Å². The Balaban J connectivity index is 1.84. The van der Waals surface area contributed by atoms with Gasteiger partial charge in [0.25, 0.3) is 0 Å². The molecule has 0 saturated carbocycles. The third-order valence-corrected chi connectivity index (χ3v) is 6.08. The summed E-state index contributed by atoms with van der Waals surface area (Å²) >= 11 is 0. The first-order valence-electron chi connectivity index (χ1n) is 7.48. The van der Waals surface area contributed by atoms with Gasteiger partial charge in [-0.25, -0.2) is 13.4 Å². The average Bonchev–Trinajstić information content (AvgIpc) is 3.06. The van der Waals surface area contributed by atoms with Gasteiger partial charge in [-0.1, -0.05) is 0 Å². The van der Waals surface area contributed by atoms with Crippen LogP contribution in [0, 0.1) is 6.92 Å². The van der Waals surface area contributed by atoms with Crippen molar-refractivity contribution in [2.75, 3.05) is 41.4 Å². The lowest BCUT2D eigenvalue weighted by Crippen LogP contribution is -2.34. The number of nitrogens with zero attached hydrogens (tertiary/aromatic N) is 4. The predicted octanol–water partition coefficient (Wildman–Crippen LogP) is 1.01. The molecule has 0 spiro atoms. The Morgan fingerprint density at radius 1 is 1.29 bits per heavy atom. The van der Waals surface area contributed by atoms with Crippen LogP contribution in [0.4, 0.5) is 11.8 Å². The highest BCUT2D eigenvalue weighted by Crippen LogP contribution is 2.24. The van der Waals surface area contributed by atoms with Crippen molar-refractivity contribution in [2.45, 2.75) is 32.2 Å². The number of aromatic nitrogens is 2. The number of hydrogen-bond acceptors (Lipinski definition) is 6. The highest BCUT2D eigenvalue weighted by atomic mass is 32.2. The van der Waals surface area contributed by atoms with E-state index < -0.39 is 9.84 Å². The van der Waals surface area contributed by atoms with Crippen LogP contribution in [0.2, 0.25) is 0 Å².